The Balaban J connectivity index is 1.34. The highest BCUT2D eigenvalue weighted by Gasteiger charge is 2.18. The zero-order valence-electron chi connectivity index (χ0n) is 21.9. The third kappa shape index (κ3) is 11.4. The largest absolute Gasteiger partial charge is 0.481 e. The van der Waals surface area contributed by atoms with Crippen molar-refractivity contribution in [3.63, 3.8) is 0 Å². The summed E-state index contributed by atoms with van der Waals surface area (Å²) < 4.78 is 5.09. The van der Waals surface area contributed by atoms with Crippen molar-refractivity contribution in [1.82, 2.24) is 36.4 Å². The molecule has 0 unspecified atom stereocenters. The van der Waals surface area contributed by atoms with E-state index in [4.69, 9.17) is 9.84 Å². The standard InChI is InChI=1S/C26H30N8O7/c35-20(28-15-19(13-21(36)37)30-26(40)41-16-18-9-5-2-6-10-18)11-12-27-23(38)22-31-24(34-33-22)32-25(39)29-14-17-7-3-1-4-8-17/h1-10,19H,11-16H2,(H,27,38)(H,28,35)(H,30,40)(H,36,37)(H3,29,31,32,33,34,39)/t19-/m1/s1. The molecule has 0 saturated heterocycles. The number of H-pyrrole nitrogens is 1. The van der Waals surface area contributed by atoms with Gasteiger partial charge in [0.15, 0.2) is 0 Å². The summed E-state index contributed by atoms with van der Waals surface area (Å²) in [5.74, 6) is -2.61. The van der Waals surface area contributed by atoms with E-state index in [0.29, 0.717) is 0 Å². The molecule has 1 aromatic heterocycles. The Labute approximate surface area is 234 Å². The molecule has 7 N–H and O–H groups in total. The summed E-state index contributed by atoms with van der Waals surface area (Å²) in [5.41, 5.74) is 1.66. The van der Waals surface area contributed by atoms with E-state index in [1.54, 1.807) is 24.3 Å². The number of alkyl carbamates (subject to hydrolysis) is 1. The van der Waals surface area contributed by atoms with Crippen LogP contribution in [0.5, 0.6) is 0 Å². The second-order valence-corrected chi connectivity index (χ2v) is 8.61. The van der Waals surface area contributed by atoms with Gasteiger partial charge in [-0.15, -0.1) is 5.10 Å². The van der Waals surface area contributed by atoms with E-state index >= 15 is 0 Å². The number of benzene rings is 2. The number of carbonyl (C=O) groups is 5. The fourth-order valence-electron chi connectivity index (χ4n) is 3.36. The van der Waals surface area contributed by atoms with Crippen LogP contribution in [-0.2, 0) is 27.5 Å². The molecule has 0 aliphatic carbocycles. The zero-order valence-corrected chi connectivity index (χ0v) is 21.9. The predicted octanol–water partition coefficient (Wildman–Crippen LogP) is 1.13. The number of urea groups is 1. The number of nitrogens with zero attached hydrogens (tertiary/aromatic N) is 2. The van der Waals surface area contributed by atoms with Gasteiger partial charge in [0, 0.05) is 26.1 Å². The first-order chi connectivity index (χ1) is 19.8. The first-order valence-electron chi connectivity index (χ1n) is 12.5. The first kappa shape index (κ1) is 30.1. The van der Waals surface area contributed by atoms with Crippen molar-refractivity contribution in [2.24, 2.45) is 0 Å². The quantitative estimate of drug-likeness (QED) is 0.149. The van der Waals surface area contributed by atoms with Gasteiger partial charge < -0.3 is 31.1 Å². The van der Waals surface area contributed by atoms with E-state index in [1.165, 1.54) is 0 Å². The molecule has 0 radical (unpaired) electrons. The number of amides is 5. The molecule has 1 heterocycles. The Bertz CT molecular complexity index is 1320. The average molecular weight is 567 g/mol. The molecular formula is C26H30N8O7. The molecule has 5 amide bonds. The molecule has 3 rings (SSSR count). The summed E-state index contributed by atoms with van der Waals surface area (Å²) in [6.45, 7) is 0.0610. The van der Waals surface area contributed by atoms with Gasteiger partial charge in [-0.3, -0.25) is 24.8 Å². The number of carbonyl (C=O) groups excluding carboxylic acids is 4. The van der Waals surface area contributed by atoms with Crippen LogP contribution in [0.4, 0.5) is 15.5 Å². The van der Waals surface area contributed by atoms with Crippen molar-refractivity contribution in [3.8, 4) is 0 Å². The van der Waals surface area contributed by atoms with Crippen molar-refractivity contribution >= 4 is 35.9 Å². The van der Waals surface area contributed by atoms with E-state index in [0.717, 1.165) is 11.1 Å². The molecule has 216 valence electrons. The predicted molar refractivity (Wildman–Crippen MR) is 144 cm³/mol. The lowest BCUT2D eigenvalue weighted by Gasteiger charge is -2.17. The van der Waals surface area contributed by atoms with Gasteiger partial charge in [0.05, 0.1) is 12.5 Å². The van der Waals surface area contributed by atoms with Crippen molar-refractivity contribution in [2.45, 2.75) is 32.0 Å². The maximum Gasteiger partial charge on any atom is 0.407 e. The van der Waals surface area contributed by atoms with Gasteiger partial charge in [0.2, 0.25) is 11.7 Å². The number of nitrogens with one attached hydrogen (secondary N) is 6. The maximum absolute atomic E-state index is 12.3. The maximum atomic E-state index is 12.3. The second kappa shape index (κ2) is 15.8. The summed E-state index contributed by atoms with van der Waals surface area (Å²) in [6, 6.07) is 16.7. The number of aromatic amines is 1. The Kier molecular flexibility index (Phi) is 11.6. The number of hydrogen-bond donors (Lipinski definition) is 7. The van der Waals surface area contributed by atoms with Crippen LogP contribution in [0, 0.1) is 0 Å². The van der Waals surface area contributed by atoms with Crippen LogP contribution in [0.1, 0.15) is 34.6 Å². The highest BCUT2D eigenvalue weighted by Crippen LogP contribution is 2.02. The van der Waals surface area contributed by atoms with Crippen LogP contribution < -0.4 is 26.6 Å². The van der Waals surface area contributed by atoms with Crippen molar-refractivity contribution in [1.29, 1.82) is 0 Å². The summed E-state index contributed by atoms with van der Waals surface area (Å²) in [7, 11) is 0. The van der Waals surface area contributed by atoms with E-state index in [1.807, 2.05) is 36.4 Å². The van der Waals surface area contributed by atoms with Gasteiger partial charge in [-0.2, -0.15) is 4.98 Å². The Morgan fingerprint density at radius 1 is 0.902 bits per heavy atom. The van der Waals surface area contributed by atoms with Gasteiger partial charge in [-0.25, -0.2) is 9.59 Å². The molecule has 0 saturated carbocycles. The van der Waals surface area contributed by atoms with Crippen molar-refractivity contribution < 1.29 is 33.8 Å². The number of aromatic nitrogens is 3. The average Bonchev–Trinajstić information content (AvgIpc) is 3.43. The minimum Gasteiger partial charge on any atom is -0.481 e. The van der Waals surface area contributed by atoms with E-state index in [-0.39, 0.29) is 44.4 Å². The molecule has 2 aromatic carbocycles. The molecule has 0 spiro atoms. The third-order valence-corrected chi connectivity index (χ3v) is 5.36. The molecule has 0 bridgehead atoms. The summed E-state index contributed by atoms with van der Waals surface area (Å²) in [5, 5.41) is 27.7. The fourth-order valence-corrected chi connectivity index (χ4v) is 3.36. The topological polar surface area (TPSA) is 217 Å². The van der Waals surface area contributed by atoms with Crippen LogP contribution in [0.15, 0.2) is 60.7 Å². The van der Waals surface area contributed by atoms with Crippen LogP contribution in [-0.4, -0.2) is 69.3 Å². The molecule has 1 atom stereocenters. The molecule has 15 nitrogen and oxygen atoms in total. The van der Waals surface area contributed by atoms with Gasteiger partial charge in [0.1, 0.15) is 6.61 Å². The number of hydrogen-bond acceptors (Lipinski definition) is 8. The van der Waals surface area contributed by atoms with E-state index in [2.05, 4.69) is 41.8 Å². The molecule has 41 heavy (non-hydrogen) atoms. The lowest BCUT2D eigenvalue weighted by atomic mass is 10.2. The first-order valence-corrected chi connectivity index (χ1v) is 12.5. The number of rotatable bonds is 14. The molecule has 0 aliphatic heterocycles. The number of anilines is 1. The van der Waals surface area contributed by atoms with Crippen LogP contribution in [0.25, 0.3) is 0 Å². The van der Waals surface area contributed by atoms with E-state index < -0.39 is 42.4 Å². The number of ether oxygens (including phenoxy) is 1. The van der Waals surface area contributed by atoms with Crippen LogP contribution >= 0.6 is 0 Å². The van der Waals surface area contributed by atoms with Gasteiger partial charge >= 0.3 is 18.1 Å². The van der Waals surface area contributed by atoms with E-state index in [9.17, 15) is 24.0 Å². The van der Waals surface area contributed by atoms with Crippen LogP contribution in [0.2, 0.25) is 0 Å². The highest BCUT2D eigenvalue weighted by molar-refractivity contribution is 5.92. The molecular weight excluding hydrogens is 536 g/mol. The van der Waals surface area contributed by atoms with Gasteiger partial charge in [-0.05, 0) is 11.1 Å². The number of carboxylic acids is 1. The highest BCUT2D eigenvalue weighted by atomic mass is 16.5. The lowest BCUT2D eigenvalue weighted by molar-refractivity contribution is -0.137. The van der Waals surface area contributed by atoms with Gasteiger partial charge in [-0.1, -0.05) is 60.7 Å². The van der Waals surface area contributed by atoms with Crippen molar-refractivity contribution in [3.05, 3.63) is 77.6 Å². The summed E-state index contributed by atoms with van der Waals surface area (Å²) in [6.07, 6.45) is -1.40. The minimum absolute atomic E-state index is 0.00270. The molecule has 15 heteroatoms. The zero-order chi connectivity index (χ0) is 29.5. The molecule has 0 fully saturated rings. The Morgan fingerprint density at radius 3 is 2.27 bits per heavy atom. The Hall–Kier alpha value is -5.47. The van der Waals surface area contributed by atoms with Crippen molar-refractivity contribution in [2.75, 3.05) is 18.4 Å². The summed E-state index contributed by atoms with van der Waals surface area (Å²) in [4.78, 5) is 63.6. The number of carboxylic acid groups (broad SMARTS) is 1. The van der Waals surface area contributed by atoms with Gasteiger partial charge in [0.25, 0.3) is 11.9 Å². The molecule has 0 aliphatic rings. The normalized spacial score (nSPS) is 11.0. The monoisotopic (exact) mass is 566 g/mol. The Morgan fingerprint density at radius 2 is 1.59 bits per heavy atom. The fraction of sp³-hybridized carbons (Fsp3) is 0.269. The second-order valence-electron chi connectivity index (χ2n) is 8.61. The minimum atomic E-state index is -1.17. The summed E-state index contributed by atoms with van der Waals surface area (Å²) >= 11 is 0. The van der Waals surface area contributed by atoms with Crippen LogP contribution in [0.3, 0.4) is 0 Å². The molecule has 3 aromatic rings. The smallest absolute Gasteiger partial charge is 0.407 e. The number of aliphatic carboxylic acids is 1. The SMILES string of the molecule is O=C(O)C[C@H](CNC(=O)CCNC(=O)c1nc(NC(=O)NCc2ccccc2)n[nH]1)NC(=O)OCc1ccccc1. The lowest BCUT2D eigenvalue weighted by Crippen LogP contribution is -2.45. The third-order valence-electron chi connectivity index (χ3n) is 5.36.